The Morgan fingerprint density at radius 1 is 1.54 bits per heavy atom. The molecule has 1 aromatic heterocycles. The van der Waals surface area contributed by atoms with E-state index in [9.17, 15) is 8.42 Å². The molecule has 1 aromatic rings. The van der Waals surface area contributed by atoms with Gasteiger partial charge in [0.25, 0.3) is 0 Å². The van der Waals surface area contributed by atoms with Crippen molar-refractivity contribution in [2.45, 2.75) is 23.6 Å². The molecule has 0 fully saturated rings. The molecule has 0 aliphatic carbocycles. The Balaban J connectivity index is 2.88. The van der Waals surface area contributed by atoms with Gasteiger partial charge in [-0.3, -0.25) is 0 Å². The predicted octanol–water partition coefficient (Wildman–Crippen LogP) is 1.04. The van der Waals surface area contributed by atoms with Crippen molar-refractivity contribution in [3.8, 4) is 0 Å². The average Bonchev–Trinajstić information content (AvgIpc) is 2.32. The third-order valence-electron chi connectivity index (χ3n) is 1.53. The third-order valence-corrected chi connectivity index (χ3v) is 4.45. The van der Waals surface area contributed by atoms with Crippen LogP contribution in [0.15, 0.2) is 16.3 Å². The number of thiophene rings is 1. The average molecular weight is 219 g/mol. The van der Waals surface area contributed by atoms with Gasteiger partial charge in [-0.05, 0) is 25.5 Å². The molecular weight excluding hydrogens is 206 g/mol. The zero-order valence-corrected chi connectivity index (χ0v) is 9.28. The molecule has 3 nitrogen and oxygen atoms in total. The smallest absolute Gasteiger partial charge is 0.184 e. The summed E-state index contributed by atoms with van der Waals surface area (Å²) in [5.74, 6) is 0. The summed E-state index contributed by atoms with van der Waals surface area (Å²) in [5, 5.41) is 0. The highest BCUT2D eigenvalue weighted by Crippen LogP contribution is 2.22. The maximum Gasteiger partial charge on any atom is 0.184 e. The largest absolute Gasteiger partial charge is 0.328 e. The first-order valence-corrected chi connectivity index (χ1v) is 6.65. The van der Waals surface area contributed by atoms with Gasteiger partial charge in [0, 0.05) is 17.2 Å². The molecule has 5 heteroatoms. The maximum atomic E-state index is 11.1. The minimum Gasteiger partial charge on any atom is -0.328 e. The van der Waals surface area contributed by atoms with Crippen LogP contribution in [-0.2, 0) is 16.3 Å². The van der Waals surface area contributed by atoms with Crippen LogP contribution in [0.1, 0.15) is 11.8 Å². The van der Waals surface area contributed by atoms with Gasteiger partial charge in [-0.2, -0.15) is 0 Å². The Bertz CT molecular complexity index is 379. The van der Waals surface area contributed by atoms with Crippen LogP contribution in [0.5, 0.6) is 0 Å². The molecule has 13 heavy (non-hydrogen) atoms. The summed E-state index contributed by atoms with van der Waals surface area (Å²) in [4.78, 5) is 1.02. The van der Waals surface area contributed by atoms with Crippen LogP contribution < -0.4 is 5.73 Å². The fourth-order valence-corrected chi connectivity index (χ4v) is 3.10. The molecule has 0 aliphatic heterocycles. The molecule has 74 valence electrons. The number of rotatable bonds is 3. The van der Waals surface area contributed by atoms with Crippen molar-refractivity contribution >= 4 is 21.2 Å². The Morgan fingerprint density at radius 2 is 2.15 bits per heavy atom. The second kappa shape index (κ2) is 3.77. The van der Waals surface area contributed by atoms with E-state index in [4.69, 9.17) is 5.73 Å². The lowest BCUT2D eigenvalue weighted by atomic mass is 10.2. The van der Waals surface area contributed by atoms with Gasteiger partial charge in [0.05, 0.1) is 0 Å². The first kappa shape index (κ1) is 10.7. The van der Waals surface area contributed by atoms with E-state index in [-0.39, 0.29) is 6.04 Å². The van der Waals surface area contributed by atoms with E-state index >= 15 is 0 Å². The van der Waals surface area contributed by atoms with Crippen LogP contribution in [0.3, 0.4) is 0 Å². The van der Waals surface area contributed by atoms with Crippen molar-refractivity contribution in [3.05, 3.63) is 17.0 Å². The van der Waals surface area contributed by atoms with Crippen LogP contribution in [-0.4, -0.2) is 20.7 Å². The van der Waals surface area contributed by atoms with Crippen molar-refractivity contribution < 1.29 is 8.42 Å². The lowest BCUT2D eigenvalue weighted by Gasteiger charge is -1.99. The SMILES string of the molecule is C[C@@H](N)Cc1ccc(S(C)(=O)=O)s1. The molecule has 0 radical (unpaired) electrons. The first-order chi connectivity index (χ1) is 5.89. The summed E-state index contributed by atoms with van der Waals surface area (Å²) in [6.07, 6.45) is 1.95. The number of nitrogens with two attached hydrogens (primary N) is 1. The highest BCUT2D eigenvalue weighted by molar-refractivity contribution is 7.92. The van der Waals surface area contributed by atoms with Crippen molar-refractivity contribution in [1.29, 1.82) is 0 Å². The van der Waals surface area contributed by atoms with Gasteiger partial charge in [-0.25, -0.2) is 8.42 Å². The number of hydrogen-bond acceptors (Lipinski definition) is 4. The van der Waals surface area contributed by atoms with Gasteiger partial charge in [0.1, 0.15) is 4.21 Å². The summed E-state index contributed by atoms with van der Waals surface area (Å²) in [6, 6.07) is 3.54. The first-order valence-electron chi connectivity index (χ1n) is 3.94. The molecule has 0 saturated heterocycles. The normalized spacial score (nSPS) is 14.4. The standard InChI is InChI=1S/C8H13NO2S2/c1-6(9)5-7-3-4-8(12-7)13(2,10)11/h3-4,6H,5,9H2,1-2H3/t6-/m1/s1. The maximum absolute atomic E-state index is 11.1. The van der Waals surface area contributed by atoms with Crippen molar-refractivity contribution in [2.24, 2.45) is 5.73 Å². The molecule has 0 bridgehead atoms. The van der Waals surface area contributed by atoms with Gasteiger partial charge in [-0.1, -0.05) is 0 Å². The second-order valence-electron chi connectivity index (χ2n) is 3.17. The molecular formula is C8H13NO2S2. The van der Waals surface area contributed by atoms with Crippen molar-refractivity contribution in [2.75, 3.05) is 6.26 Å². The predicted molar refractivity (Wildman–Crippen MR) is 54.8 cm³/mol. The molecule has 1 heterocycles. The minimum atomic E-state index is -3.04. The van der Waals surface area contributed by atoms with E-state index in [1.54, 1.807) is 6.07 Å². The zero-order valence-electron chi connectivity index (χ0n) is 7.65. The summed E-state index contributed by atoms with van der Waals surface area (Å²) in [6.45, 7) is 1.90. The van der Waals surface area contributed by atoms with Gasteiger partial charge < -0.3 is 5.73 Å². The van der Waals surface area contributed by atoms with Gasteiger partial charge in [0.2, 0.25) is 0 Å². The zero-order chi connectivity index (χ0) is 10.1. The van der Waals surface area contributed by atoms with Crippen molar-refractivity contribution in [3.63, 3.8) is 0 Å². The van der Waals surface area contributed by atoms with Crippen LogP contribution in [0.25, 0.3) is 0 Å². The number of hydrogen-bond donors (Lipinski definition) is 1. The van der Waals surface area contributed by atoms with E-state index in [1.165, 1.54) is 17.6 Å². The fraction of sp³-hybridized carbons (Fsp3) is 0.500. The van der Waals surface area contributed by atoms with Gasteiger partial charge in [0.15, 0.2) is 9.84 Å². The highest BCUT2D eigenvalue weighted by Gasteiger charge is 2.10. The van der Waals surface area contributed by atoms with Gasteiger partial charge >= 0.3 is 0 Å². The monoisotopic (exact) mass is 219 g/mol. The molecule has 0 aliphatic rings. The summed E-state index contributed by atoms with van der Waals surface area (Å²) < 4.78 is 22.6. The quantitative estimate of drug-likeness (QED) is 0.826. The van der Waals surface area contributed by atoms with Gasteiger partial charge in [-0.15, -0.1) is 11.3 Å². The topological polar surface area (TPSA) is 60.2 Å². The molecule has 0 amide bonds. The van der Waals surface area contributed by atoms with Crippen molar-refractivity contribution in [1.82, 2.24) is 0 Å². The highest BCUT2D eigenvalue weighted by atomic mass is 32.2. The Labute approximate surface area is 82.5 Å². The molecule has 0 unspecified atom stereocenters. The van der Waals surface area contributed by atoms with Crippen LogP contribution in [0.2, 0.25) is 0 Å². The Hall–Kier alpha value is -0.390. The summed E-state index contributed by atoms with van der Waals surface area (Å²) >= 11 is 1.30. The molecule has 0 saturated carbocycles. The third kappa shape index (κ3) is 3.10. The van der Waals surface area contributed by atoms with E-state index in [0.717, 1.165) is 11.3 Å². The molecule has 2 N–H and O–H groups in total. The summed E-state index contributed by atoms with van der Waals surface area (Å²) in [5.41, 5.74) is 5.60. The molecule has 0 spiro atoms. The minimum absolute atomic E-state index is 0.0751. The lowest BCUT2D eigenvalue weighted by molar-refractivity contribution is 0.604. The Morgan fingerprint density at radius 3 is 2.54 bits per heavy atom. The second-order valence-corrected chi connectivity index (χ2v) is 6.59. The lowest BCUT2D eigenvalue weighted by Crippen LogP contribution is -2.16. The molecule has 0 aromatic carbocycles. The molecule has 1 atom stereocenters. The van der Waals surface area contributed by atoms with Crippen LogP contribution in [0, 0.1) is 0 Å². The van der Waals surface area contributed by atoms with Crippen LogP contribution in [0.4, 0.5) is 0 Å². The fourth-order valence-electron chi connectivity index (χ4n) is 0.985. The van der Waals surface area contributed by atoms with E-state index in [1.807, 2.05) is 13.0 Å². The Kier molecular flexibility index (Phi) is 3.10. The summed E-state index contributed by atoms with van der Waals surface area (Å²) in [7, 11) is -3.04. The van der Waals surface area contributed by atoms with Crippen LogP contribution >= 0.6 is 11.3 Å². The van der Waals surface area contributed by atoms with E-state index in [0.29, 0.717) is 4.21 Å². The van der Waals surface area contributed by atoms with E-state index < -0.39 is 9.84 Å². The van der Waals surface area contributed by atoms with E-state index in [2.05, 4.69) is 0 Å². The number of sulfone groups is 1. The molecule has 1 rings (SSSR count).